The maximum Gasteiger partial charge on any atom is 0.490 e. The van der Waals surface area contributed by atoms with Gasteiger partial charge < -0.3 is 20.6 Å². The number of carbonyl (C=O) groups is 2. The molecule has 0 unspecified atom stereocenters. The minimum atomic E-state index is -5.08. The van der Waals surface area contributed by atoms with E-state index in [4.69, 9.17) is 9.90 Å². The third kappa shape index (κ3) is 6.27. The number of carboxylic acids is 1. The number of halogens is 4. The Morgan fingerprint density at radius 2 is 1.75 bits per heavy atom. The number of alkyl halides is 3. The monoisotopic (exact) mass is 565 g/mol. The summed E-state index contributed by atoms with van der Waals surface area (Å²) in [7, 11) is 1.74. The van der Waals surface area contributed by atoms with Gasteiger partial charge in [-0.25, -0.2) is 19.0 Å². The first kappa shape index (κ1) is 29.1. The Bertz CT molecular complexity index is 1440. The number of pyridine rings is 1. The van der Waals surface area contributed by atoms with Crippen molar-refractivity contribution in [1.82, 2.24) is 20.1 Å². The van der Waals surface area contributed by atoms with Crippen LogP contribution < -0.4 is 20.4 Å². The molecule has 10 nitrogen and oxygen atoms in total. The van der Waals surface area contributed by atoms with Gasteiger partial charge in [0, 0.05) is 72.5 Å². The van der Waals surface area contributed by atoms with Crippen LogP contribution in [-0.2, 0) is 18.3 Å². The van der Waals surface area contributed by atoms with Crippen LogP contribution in [0.25, 0.3) is 10.9 Å². The molecule has 2 aromatic heterocycles. The highest BCUT2D eigenvalue weighted by Crippen LogP contribution is 2.36. The van der Waals surface area contributed by atoms with Crippen molar-refractivity contribution < 1.29 is 32.3 Å². The molecule has 3 N–H and O–H groups in total. The normalized spacial score (nSPS) is 17.7. The molecule has 2 aliphatic heterocycles. The molecular weight excluding hydrogens is 534 g/mol. The number of nitrogens with one attached hydrogen (secondary N) is 2. The van der Waals surface area contributed by atoms with Crippen LogP contribution in [-0.4, -0.2) is 68.8 Å². The lowest BCUT2D eigenvalue weighted by molar-refractivity contribution is -0.192. The number of aromatic nitrogens is 3. The van der Waals surface area contributed by atoms with Crippen LogP contribution in [0.15, 0.2) is 30.6 Å². The van der Waals surface area contributed by atoms with Crippen molar-refractivity contribution in [2.45, 2.75) is 51.4 Å². The number of hydrogen-bond donors (Lipinski definition) is 3. The zero-order valence-corrected chi connectivity index (χ0v) is 22.7. The summed E-state index contributed by atoms with van der Waals surface area (Å²) in [5.41, 5.74) is 2.81. The lowest BCUT2D eigenvalue weighted by Gasteiger charge is -2.49. The fraction of sp³-hybridized carbons (Fsp3) is 0.462. The first-order valence-corrected chi connectivity index (χ1v) is 12.5. The summed E-state index contributed by atoms with van der Waals surface area (Å²) in [4.78, 5) is 30.6. The Balaban J connectivity index is 0.000000470. The van der Waals surface area contributed by atoms with Crippen molar-refractivity contribution in [2.75, 3.05) is 34.8 Å². The maximum absolute atomic E-state index is 14.4. The second-order valence-electron chi connectivity index (χ2n) is 11.2. The molecule has 5 rings (SSSR count). The maximum atomic E-state index is 14.4. The zero-order valence-electron chi connectivity index (χ0n) is 22.7. The van der Waals surface area contributed by atoms with E-state index < -0.39 is 18.0 Å². The number of carboxylic acid groups (broad SMARTS) is 1. The molecule has 2 amide bonds. The summed E-state index contributed by atoms with van der Waals surface area (Å²) >= 11 is 0. The van der Waals surface area contributed by atoms with Gasteiger partial charge in [-0.3, -0.25) is 9.58 Å². The van der Waals surface area contributed by atoms with Crippen LogP contribution in [0, 0.1) is 5.82 Å². The van der Waals surface area contributed by atoms with Gasteiger partial charge in [0.15, 0.2) is 5.82 Å². The van der Waals surface area contributed by atoms with Gasteiger partial charge in [0.2, 0.25) is 0 Å². The first-order valence-electron chi connectivity index (χ1n) is 12.5. The number of rotatable bonds is 2. The van der Waals surface area contributed by atoms with Gasteiger partial charge in [-0.05, 0) is 52.3 Å². The summed E-state index contributed by atoms with van der Waals surface area (Å²) in [5, 5.41) is 18.4. The first-order chi connectivity index (χ1) is 18.5. The molecule has 3 aromatic rings. The van der Waals surface area contributed by atoms with Gasteiger partial charge in [-0.1, -0.05) is 0 Å². The van der Waals surface area contributed by atoms with Crippen LogP contribution in [0.3, 0.4) is 0 Å². The van der Waals surface area contributed by atoms with Crippen LogP contribution >= 0.6 is 0 Å². The van der Waals surface area contributed by atoms with Crippen LogP contribution in [0.2, 0.25) is 0 Å². The number of fused-ring (bicyclic) bond motifs is 2. The number of benzene rings is 1. The van der Waals surface area contributed by atoms with Gasteiger partial charge in [-0.2, -0.15) is 18.3 Å². The number of anilines is 3. The third-order valence-electron chi connectivity index (χ3n) is 6.45. The molecule has 216 valence electrons. The van der Waals surface area contributed by atoms with Crippen molar-refractivity contribution in [3.05, 3.63) is 42.0 Å². The van der Waals surface area contributed by atoms with E-state index in [0.717, 1.165) is 30.8 Å². The molecule has 2 aliphatic rings. The van der Waals surface area contributed by atoms with Gasteiger partial charge in [0.05, 0.1) is 0 Å². The predicted molar refractivity (Wildman–Crippen MR) is 142 cm³/mol. The fourth-order valence-electron chi connectivity index (χ4n) is 5.42. The van der Waals surface area contributed by atoms with E-state index in [1.54, 1.807) is 35.1 Å². The number of aliphatic carboxylic acids is 1. The van der Waals surface area contributed by atoms with Crippen molar-refractivity contribution in [3.8, 4) is 0 Å². The number of urea groups is 1. The topological polar surface area (TPSA) is 116 Å². The molecular formula is C26H31F4N7O3. The van der Waals surface area contributed by atoms with Gasteiger partial charge >= 0.3 is 18.2 Å². The molecule has 0 saturated carbocycles. The van der Waals surface area contributed by atoms with Crippen LogP contribution in [0.5, 0.6) is 0 Å². The second kappa shape index (κ2) is 10.2. The van der Waals surface area contributed by atoms with Gasteiger partial charge in [0.25, 0.3) is 0 Å². The summed E-state index contributed by atoms with van der Waals surface area (Å²) in [6, 6.07) is 4.76. The molecule has 1 fully saturated rings. The van der Waals surface area contributed by atoms with Crippen molar-refractivity contribution >= 4 is 40.1 Å². The number of nitrogens with zero attached hydrogens (tertiary/aromatic N) is 5. The molecule has 4 heterocycles. The largest absolute Gasteiger partial charge is 0.490 e. The van der Waals surface area contributed by atoms with Crippen molar-refractivity contribution in [3.63, 3.8) is 0 Å². The van der Waals surface area contributed by atoms with Crippen molar-refractivity contribution in [1.29, 1.82) is 0 Å². The Morgan fingerprint density at radius 1 is 1.12 bits per heavy atom. The summed E-state index contributed by atoms with van der Waals surface area (Å²) in [5.74, 6) is -2.55. The molecule has 0 atom stereocenters. The van der Waals surface area contributed by atoms with Gasteiger partial charge in [0.1, 0.15) is 11.3 Å². The average Bonchev–Trinajstić information content (AvgIpc) is 3.40. The van der Waals surface area contributed by atoms with E-state index >= 15 is 0 Å². The predicted octanol–water partition coefficient (Wildman–Crippen LogP) is 4.30. The Labute approximate surface area is 227 Å². The van der Waals surface area contributed by atoms with E-state index in [1.165, 1.54) is 6.07 Å². The zero-order chi connectivity index (χ0) is 29.6. The number of aryl methyl sites for hydroxylation is 1. The molecule has 1 saturated heterocycles. The summed E-state index contributed by atoms with van der Waals surface area (Å²) < 4.78 is 47.7. The number of hydrogen-bond acceptors (Lipinski definition) is 6. The average molecular weight is 566 g/mol. The number of carbonyl (C=O) groups excluding carboxylic acids is 1. The lowest BCUT2D eigenvalue weighted by atomic mass is 9.90. The quantitative estimate of drug-likeness (QED) is 0.397. The molecule has 1 aromatic carbocycles. The number of amides is 2. The van der Waals surface area contributed by atoms with Crippen LogP contribution in [0.1, 0.15) is 33.3 Å². The molecule has 40 heavy (non-hydrogen) atoms. The van der Waals surface area contributed by atoms with E-state index in [0.29, 0.717) is 23.4 Å². The van der Waals surface area contributed by atoms with Crippen molar-refractivity contribution in [2.24, 2.45) is 7.05 Å². The van der Waals surface area contributed by atoms with E-state index in [1.807, 2.05) is 6.07 Å². The molecule has 0 radical (unpaired) electrons. The van der Waals surface area contributed by atoms with E-state index in [9.17, 15) is 22.4 Å². The molecule has 14 heteroatoms. The SMILES string of the molecule is Cn1cc2cc(NC(=O)N3CCc4c(N5CC(C)(C)NC(C)(C)C5)ccnc43)cc(F)c2n1.O=C(O)C(F)(F)F. The minimum Gasteiger partial charge on any atom is -0.475 e. The van der Waals surface area contributed by atoms with E-state index in [2.05, 4.69) is 53.3 Å². The highest BCUT2D eigenvalue weighted by atomic mass is 19.4. The fourth-order valence-corrected chi connectivity index (χ4v) is 5.42. The Kier molecular flexibility index (Phi) is 7.43. The highest BCUT2D eigenvalue weighted by molar-refractivity contribution is 6.04. The standard InChI is InChI=1S/C24H30FN7O.C2HF3O2/c1-23(2)13-31(14-24(3,4)29-23)19-6-8-26-21-17(19)7-9-32(21)22(33)27-16-10-15-12-30(5)28-20(15)18(25)11-16;3-2(4,5)1(6)7/h6,8,10-12,29H,7,9,13-14H2,1-5H3,(H,27,33);(H,6,7). The number of piperazine rings is 1. The van der Waals surface area contributed by atoms with E-state index in [-0.39, 0.29) is 22.6 Å². The van der Waals surface area contributed by atoms with Gasteiger partial charge in [-0.15, -0.1) is 0 Å². The molecule has 0 bridgehead atoms. The molecule has 0 aliphatic carbocycles. The third-order valence-corrected chi connectivity index (χ3v) is 6.45. The Morgan fingerprint density at radius 3 is 2.35 bits per heavy atom. The summed E-state index contributed by atoms with van der Waals surface area (Å²) in [6.07, 6.45) is -0.862. The highest BCUT2D eigenvalue weighted by Gasteiger charge is 2.39. The lowest BCUT2D eigenvalue weighted by Crippen LogP contribution is -2.67. The van der Waals surface area contributed by atoms with Crippen LogP contribution in [0.4, 0.5) is 39.5 Å². The smallest absolute Gasteiger partial charge is 0.475 e. The second-order valence-corrected chi connectivity index (χ2v) is 11.2. The molecule has 0 spiro atoms. The summed E-state index contributed by atoms with van der Waals surface area (Å²) in [6.45, 7) is 11.1. The Hall–Kier alpha value is -3.94. The minimum absolute atomic E-state index is 0.0391.